The van der Waals surface area contributed by atoms with Crippen molar-refractivity contribution in [1.82, 2.24) is 9.03 Å². The van der Waals surface area contributed by atoms with Gasteiger partial charge in [-0.1, -0.05) is 24.3 Å². The number of rotatable bonds is 7. The van der Waals surface area contributed by atoms with Crippen LogP contribution >= 0.6 is 0 Å². The summed E-state index contributed by atoms with van der Waals surface area (Å²) in [6, 6.07) is 12.9. The van der Waals surface area contributed by atoms with Crippen LogP contribution in [0.15, 0.2) is 58.3 Å². The summed E-state index contributed by atoms with van der Waals surface area (Å²) in [5.41, 5.74) is 1.94. The van der Waals surface area contributed by atoms with Crippen LogP contribution in [-0.4, -0.2) is 34.2 Å². The summed E-state index contributed by atoms with van der Waals surface area (Å²) < 4.78 is 53.7. The van der Waals surface area contributed by atoms with Crippen LogP contribution in [0.5, 0.6) is 0 Å². The van der Waals surface area contributed by atoms with E-state index in [9.17, 15) is 16.8 Å². The molecule has 2 aromatic rings. The Morgan fingerprint density at radius 1 is 0.962 bits per heavy atom. The van der Waals surface area contributed by atoms with Gasteiger partial charge < -0.3 is 0 Å². The summed E-state index contributed by atoms with van der Waals surface area (Å²) in [5.74, 6) is 0. The van der Waals surface area contributed by atoms with Gasteiger partial charge in [0.05, 0.1) is 9.79 Å². The maximum absolute atomic E-state index is 12.8. The summed E-state index contributed by atoms with van der Waals surface area (Å²) in [6.07, 6.45) is 1.69. The van der Waals surface area contributed by atoms with Gasteiger partial charge in [-0.25, -0.2) is 21.6 Å². The van der Waals surface area contributed by atoms with E-state index in [4.69, 9.17) is 0 Å². The molecule has 3 rings (SSSR count). The van der Waals surface area contributed by atoms with Gasteiger partial charge in [0.2, 0.25) is 20.0 Å². The summed E-state index contributed by atoms with van der Waals surface area (Å²) in [4.78, 5) is 0.142. The van der Waals surface area contributed by atoms with Crippen molar-refractivity contribution in [1.29, 1.82) is 0 Å². The summed E-state index contributed by atoms with van der Waals surface area (Å²) >= 11 is 0. The number of nitrogens with one attached hydrogen (secondary N) is 1. The van der Waals surface area contributed by atoms with Crippen LogP contribution in [0, 0.1) is 6.92 Å². The van der Waals surface area contributed by atoms with E-state index in [0.717, 1.165) is 24.0 Å². The molecule has 140 valence electrons. The molecule has 0 radical (unpaired) electrons. The van der Waals surface area contributed by atoms with Crippen LogP contribution in [0.4, 0.5) is 0 Å². The predicted octanol–water partition coefficient (Wildman–Crippen LogP) is 2.26. The second-order valence-electron chi connectivity index (χ2n) is 6.55. The molecule has 1 fully saturated rings. The molecule has 1 N–H and O–H groups in total. The average molecular weight is 395 g/mol. The van der Waals surface area contributed by atoms with Gasteiger partial charge in [-0.05, 0) is 55.2 Å². The molecule has 0 bridgehead atoms. The molecule has 0 atom stereocenters. The SMILES string of the molecule is Cc1ccccc1CN(C)S(=O)(=O)c1ccc(S(=O)(=O)NC2CC2)cc1. The molecule has 0 saturated heterocycles. The molecular formula is C18H22N2O4S2. The maximum atomic E-state index is 12.8. The van der Waals surface area contributed by atoms with Gasteiger partial charge in [0.15, 0.2) is 0 Å². The molecule has 1 aliphatic rings. The fraction of sp³-hybridized carbons (Fsp3) is 0.333. The third-order valence-corrected chi connectivity index (χ3v) is 7.75. The first-order valence-corrected chi connectivity index (χ1v) is 11.3. The Morgan fingerprint density at radius 2 is 1.54 bits per heavy atom. The van der Waals surface area contributed by atoms with E-state index in [1.807, 2.05) is 31.2 Å². The zero-order valence-corrected chi connectivity index (χ0v) is 16.3. The molecule has 8 heteroatoms. The largest absolute Gasteiger partial charge is 0.243 e. The molecule has 0 aliphatic heterocycles. The number of sulfonamides is 2. The summed E-state index contributed by atoms with van der Waals surface area (Å²) in [5, 5.41) is 0. The first-order chi connectivity index (χ1) is 12.2. The minimum Gasteiger partial charge on any atom is -0.208 e. The van der Waals surface area contributed by atoms with E-state index >= 15 is 0 Å². The van der Waals surface area contributed by atoms with Crippen molar-refractivity contribution in [2.75, 3.05) is 7.05 Å². The molecule has 0 spiro atoms. The van der Waals surface area contributed by atoms with Crippen LogP contribution in [0.25, 0.3) is 0 Å². The topological polar surface area (TPSA) is 83.6 Å². The molecule has 0 aromatic heterocycles. The van der Waals surface area contributed by atoms with Crippen LogP contribution in [-0.2, 0) is 26.6 Å². The highest BCUT2D eigenvalue weighted by atomic mass is 32.2. The average Bonchev–Trinajstić information content (AvgIpc) is 3.40. The highest BCUT2D eigenvalue weighted by Gasteiger charge is 2.28. The van der Waals surface area contributed by atoms with E-state index in [2.05, 4.69) is 4.72 Å². The Labute approximate surface area is 155 Å². The summed E-state index contributed by atoms with van der Waals surface area (Å²) in [6.45, 7) is 2.18. The third kappa shape index (κ3) is 4.15. The van der Waals surface area contributed by atoms with Crippen molar-refractivity contribution in [2.24, 2.45) is 0 Å². The van der Waals surface area contributed by atoms with Gasteiger partial charge in [0.1, 0.15) is 0 Å². The normalized spacial score (nSPS) is 15.3. The molecular weight excluding hydrogens is 372 g/mol. The van der Waals surface area contributed by atoms with E-state index < -0.39 is 20.0 Å². The lowest BCUT2D eigenvalue weighted by atomic mass is 10.1. The quantitative estimate of drug-likeness (QED) is 0.781. The van der Waals surface area contributed by atoms with Gasteiger partial charge in [-0.15, -0.1) is 0 Å². The lowest BCUT2D eigenvalue weighted by Gasteiger charge is -2.18. The number of hydrogen-bond acceptors (Lipinski definition) is 4. The van der Waals surface area contributed by atoms with E-state index in [0.29, 0.717) is 0 Å². The molecule has 26 heavy (non-hydrogen) atoms. The number of hydrogen-bond donors (Lipinski definition) is 1. The van der Waals surface area contributed by atoms with Crippen molar-refractivity contribution < 1.29 is 16.8 Å². The van der Waals surface area contributed by atoms with E-state index in [1.54, 1.807) is 0 Å². The molecule has 0 unspecified atom stereocenters. The lowest BCUT2D eigenvalue weighted by Crippen LogP contribution is -2.27. The van der Waals surface area contributed by atoms with Crippen molar-refractivity contribution in [3.8, 4) is 0 Å². The minimum atomic E-state index is -3.71. The fourth-order valence-electron chi connectivity index (χ4n) is 2.57. The zero-order chi connectivity index (χ0) is 18.9. The molecule has 1 aliphatic carbocycles. The standard InChI is InChI=1S/C18H22N2O4S2/c1-14-5-3-4-6-15(14)13-20(2)26(23,24)18-11-9-17(10-12-18)25(21,22)19-16-7-8-16/h3-6,9-12,16,19H,7-8,13H2,1-2H3. The molecule has 0 heterocycles. The van der Waals surface area contributed by atoms with Gasteiger partial charge in [0.25, 0.3) is 0 Å². The Bertz CT molecular complexity index is 996. The smallest absolute Gasteiger partial charge is 0.208 e. The maximum Gasteiger partial charge on any atom is 0.243 e. The Kier molecular flexibility index (Phi) is 5.21. The monoisotopic (exact) mass is 394 g/mol. The van der Waals surface area contributed by atoms with Crippen LogP contribution in [0.2, 0.25) is 0 Å². The minimum absolute atomic E-state index is 0.00338. The van der Waals surface area contributed by atoms with Gasteiger partial charge in [0, 0.05) is 19.6 Å². The number of benzene rings is 2. The van der Waals surface area contributed by atoms with Crippen molar-refractivity contribution in [3.63, 3.8) is 0 Å². The van der Waals surface area contributed by atoms with Gasteiger partial charge >= 0.3 is 0 Å². The number of nitrogens with zero attached hydrogens (tertiary/aromatic N) is 1. The first kappa shape index (κ1) is 19.0. The fourth-order valence-corrected chi connectivity index (χ4v) is 5.03. The highest BCUT2D eigenvalue weighted by Crippen LogP contribution is 2.24. The Balaban J connectivity index is 1.79. The molecule has 6 nitrogen and oxygen atoms in total. The number of aryl methyl sites for hydroxylation is 1. The Hall–Kier alpha value is -1.74. The van der Waals surface area contributed by atoms with Gasteiger partial charge in [-0.3, -0.25) is 0 Å². The van der Waals surface area contributed by atoms with E-state index in [-0.39, 0.29) is 22.4 Å². The first-order valence-electron chi connectivity index (χ1n) is 8.33. The van der Waals surface area contributed by atoms with E-state index in [1.165, 1.54) is 35.6 Å². The predicted molar refractivity (Wildman–Crippen MR) is 99.6 cm³/mol. The van der Waals surface area contributed by atoms with Crippen LogP contribution in [0.3, 0.4) is 0 Å². The molecule has 2 aromatic carbocycles. The van der Waals surface area contributed by atoms with Gasteiger partial charge in [-0.2, -0.15) is 4.31 Å². The molecule has 0 amide bonds. The highest BCUT2D eigenvalue weighted by molar-refractivity contribution is 7.89. The zero-order valence-electron chi connectivity index (χ0n) is 14.7. The van der Waals surface area contributed by atoms with Crippen molar-refractivity contribution >= 4 is 20.0 Å². The lowest BCUT2D eigenvalue weighted by molar-refractivity contribution is 0.466. The third-order valence-electron chi connectivity index (χ3n) is 4.40. The second-order valence-corrected chi connectivity index (χ2v) is 10.3. The van der Waals surface area contributed by atoms with Crippen molar-refractivity contribution in [3.05, 3.63) is 59.7 Å². The van der Waals surface area contributed by atoms with Crippen LogP contribution < -0.4 is 4.72 Å². The van der Waals surface area contributed by atoms with Crippen LogP contribution in [0.1, 0.15) is 24.0 Å². The summed E-state index contributed by atoms with van der Waals surface area (Å²) in [7, 11) is -5.79. The second kappa shape index (κ2) is 7.11. The Morgan fingerprint density at radius 3 is 2.12 bits per heavy atom. The van der Waals surface area contributed by atoms with Crippen molar-refractivity contribution in [2.45, 2.75) is 42.1 Å². The molecule has 1 saturated carbocycles.